The molecule has 8 heteroatoms. The molecule has 0 aliphatic heterocycles. The quantitative estimate of drug-likeness (QED) is 0.336. The summed E-state index contributed by atoms with van der Waals surface area (Å²) in [5.74, 6) is 0. The molecular formula is H2O6SSi. The summed E-state index contributed by atoms with van der Waals surface area (Å²) in [5, 5.41) is 0. The van der Waals surface area contributed by atoms with E-state index in [1.165, 1.54) is 0 Å². The average molecular weight is 158 g/mol. The molecule has 0 fully saturated rings. The predicted molar refractivity (Wildman–Crippen MR) is 21.3 cm³/mol. The maximum atomic E-state index is 8.74. The molecule has 0 aromatic heterocycles. The molecule has 0 spiro atoms. The molecule has 2 N–H and O–H groups in total. The van der Waals surface area contributed by atoms with Gasteiger partial charge in [-0.2, -0.15) is 8.42 Å². The Morgan fingerprint density at radius 1 is 1.12 bits per heavy atom. The van der Waals surface area contributed by atoms with Crippen molar-refractivity contribution in [2.75, 3.05) is 0 Å². The largest absolute Gasteiger partial charge is 0.549 e. The Morgan fingerprint density at radius 2 is 1.12 bits per heavy atom. The van der Waals surface area contributed by atoms with E-state index < -0.39 is 19.7 Å². The third-order valence-corrected chi connectivity index (χ3v) is 0. The van der Waals surface area contributed by atoms with Crippen LogP contribution in [0, 0.1) is 0 Å². The third kappa shape index (κ3) is 1270. The first kappa shape index (κ1) is 10.6. The van der Waals surface area contributed by atoms with Crippen molar-refractivity contribution in [2.24, 2.45) is 0 Å². The highest BCUT2D eigenvalue weighted by molar-refractivity contribution is 7.79. The van der Waals surface area contributed by atoms with Crippen molar-refractivity contribution >= 4 is 19.7 Å². The van der Waals surface area contributed by atoms with Crippen LogP contribution in [0.2, 0.25) is 0 Å². The minimum Gasteiger partial charge on any atom is -0.274 e. The van der Waals surface area contributed by atoms with E-state index in [0.29, 0.717) is 0 Å². The van der Waals surface area contributed by atoms with Crippen molar-refractivity contribution in [1.29, 1.82) is 0 Å². The molecule has 0 rings (SSSR count). The molecule has 0 amide bonds. The van der Waals surface area contributed by atoms with Gasteiger partial charge in [-0.3, -0.25) is 18.0 Å². The summed E-state index contributed by atoms with van der Waals surface area (Å²) in [6.45, 7) is 0. The fourth-order valence-corrected chi connectivity index (χ4v) is 0. The van der Waals surface area contributed by atoms with Crippen LogP contribution in [-0.2, 0) is 19.3 Å². The molecule has 0 bridgehead atoms. The van der Waals surface area contributed by atoms with Gasteiger partial charge >= 0.3 is 19.7 Å². The van der Waals surface area contributed by atoms with Crippen molar-refractivity contribution in [1.82, 2.24) is 0 Å². The second kappa shape index (κ2) is 4.84. The third-order valence-electron chi connectivity index (χ3n) is 0. The van der Waals surface area contributed by atoms with Crippen LogP contribution in [-0.4, -0.2) is 26.8 Å². The van der Waals surface area contributed by atoms with Gasteiger partial charge in [-0.1, -0.05) is 0 Å². The van der Waals surface area contributed by atoms with Gasteiger partial charge in [0.25, 0.3) is 0 Å². The van der Waals surface area contributed by atoms with Crippen molar-refractivity contribution in [3.05, 3.63) is 0 Å². The van der Waals surface area contributed by atoms with Gasteiger partial charge in [-0.05, 0) is 0 Å². The van der Waals surface area contributed by atoms with Crippen LogP contribution in [0.25, 0.3) is 0 Å². The van der Waals surface area contributed by atoms with Crippen LogP contribution in [0.3, 0.4) is 0 Å². The number of hydrogen-bond donors (Lipinski definition) is 2. The monoisotopic (exact) mass is 158 g/mol. The lowest BCUT2D eigenvalue weighted by atomic mass is 15.8. The summed E-state index contributed by atoms with van der Waals surface area (Å²) in [6, 6.07) is 0. The molecule has 0 unspecified atom stereocenters. The van der Waals surface area contributed by atoms with Crippen LogP contribution in [0.15, 0.2) is 0 Å². The van der Waals surface area contributed by atoms with E-state index in [4.69, 9.17) is 26.4 Å². The van der Waals surface area contributed by atoms with Crippen LogP contribution >= 0.6 is 0 Å². The normalized spacial score (nSPS) is 8.25. The summed E-state index contributed by atoms with van der Waals surface area (Å²) in [5.41, 5.74) is 0. The van der Waals surface area contributed by atoms with Gasteiger partial charge in [0.1, 0.15) is 0 Å². The minimum atomic E-state index is -4.67. The van der Waals surface area contributed by atoms with Gasteiger partial charge in [0.2, 0.25) is 0 Å². The molecule has 6 nitrogen and oxygen atoms in total. The highest BCUT2D eigenvalue weighted by Crippen LogP contribution is 1.59. The lowest BCUT2D eigenvalue weighted by Gasteiger charge is -1.68. The maximum absolute atomic E-state index is 8.74. The first-order chi connectivity index (χ1) is 3.41. The molecule has 0 radical (unpaired) electrons. The van der Waals surface area contributed by atoms with Gasteiger partial charge < -0.3 is 0 Å². The molecule has 8 heavy (non-hydrogen) atoms. The fraction of sp³-hybridized carbons (Fsp3) is 0. The number of hydrogen-bond acceptors (Lipinski definition) is 4. The zero-order chi connectivity index (χ0) is 7.21. The SMILES string of the molecule is O=S(=O)(O)O.O=[Si]=O. The van der Waals surface area contributed by atoms with Gasteiger partial charge in [-0.15, -0.1) is 0 Å². The molecule has 48 valence electrons. The summed E-state index contributed by atoms with van der Waals surface area (Å²) in [4.78, 5) is 0. The molecular weight excluding hydrogens is 156 g/mol. The highest BCUT2D eigenvalue weighted by atomic mass is 32.3. The second-order valence-corrected chi connectivity index (χ2v) is 1.59. The van der Waals surface area contributed by atoms with E-state index in [9.17, 15) is 0 Å². The maximum Gasteiger partial charge on any atom is 0.549 e. The molecule has 0 atom stereocenters. The standard InChI is InChI=1S/H2O4S.O2Si/c1-5(2,3)4;1-3-2/h(H2,1,2,3,4);. The van der Waals surface area contributed by atoms with Crippen LogP contribution in [0.5, 0.6) is 0 Å². The summed E-state index contributed by atoms with van der Waals surface area (Å²) in [6.07, 6.45) is 0. The Labute approximate surface area is 47.0 Å². The summed E-state index contributed by atoms with van der Waals surface area (Å²) in [7, 11) is -6.08. The Balaban J connectivity index is 0. The van der Waals surface area contributed by atoms with Gasteiger partial charge in [-0.25, -0.2) is 0 Å². The molecule has 0 aromatic carbocycles. The van der Waals surface area contributed by atoms with E-state index in [2.05, 4.69) is 0 Å². The van der Waals surface area contributed by atoms with Gasteiger partial charge in [0.15, 0.2) is 0 Å². The summed E-state index contributed by atoms with van der Waals surface area (Å²) < 4.78 is 48.4. The first-order valence-corrected chi connectivity index (χ1v) is 3.32. The van der Waals surface area contributed by atoms with Crippen LogP contribution in [0.1, 0.15) is 0 Å². The van der Waals surface area contributed by atoms with Crippen molar-refractivity contribution in [3.8, 4) is 0 Å². The van der Waals surface area contributed by atoms with E-state index in [0.717, 1.165) is 0 Å². The summed E-state index contributed by atoms with van der Waals surface area (Å²) >= 11 is 0. The Hall–Kier alpha value is -0.313. The molecule has 0 saturated carbocycles. The Morgan fingerprint density at radius 3 is 1.12 bits per heavy atom. The average Bonchev–Trinajstić information content (AvgIpc) is 1.27. The Kier molecular flexibility index (Phi) is 6.43. The van der Waals surface area contributed by atoms with Crippen molar-refractivity contribution in [2.45, 2.75) is 0 Å². The zero-order valence-electron chi connectivity index (χ0n) is 3.44. The number of rotatable bonds is 0. The molecule has 0 aromatic rings. The van der Waals surface area contributed by atoms with Gasteiger partial charge in [0, 0.05) is 0 Å². The molecule has 0 aliphatic rings. The smallest absolute Gasteiger partial charge is 0.274 e. The molecule has 0 aliphatic carbocycles. The Bertz CT molecular complexity index is 149. The predicted octanol–water partition coefficient (Wildman–Crippen LogP) is -1.27. The highest BCUT2D eigenvalue weighted by Gasteiger charge is 1.84. The topological polar surface area (TPSA) is 109 Å². The van der Waals surface area contributed by atoms with Gasteiger partial charge in [0.05, 0.1) is 0 Å². The van der Waals surface area contributed by atoms with Crippen molar-refractivity contribution < 1.29 is 26.4 Å². The molecule has 0 heterocycles. The lowest BCUT2D eigenvalue weighted by Crippen LogP contribution is -1.89. The van der Waals surface area contributed by atoms with E-state index in [1.807, 2.05) is 0 Å². The minimum absolute atomic E-state index is 1.42. The van der Waals surface area contributed by atoms with E-state index >= 15 is 0 Å². The molecule has 0 saturated heterocycles. The first-order valence-electron chi connectivity index (χ1n) is 1.11. The fourth-order valence-electron chi connectivity index (χ4n) is 0. The lowest BCUT2D eigenvalue weighted by molar-refractivity contribution is 0.381. The van der Waals surface area contributed by atoms with Crippen LogP contribution < -0.4 is 0 Å². The van der Waals surface area contributed by atoms with E-state index in [1.54, 1.807) is 0 Å². The van der Waals surface area contributed by atoms with Crippen molar-refractivity contribution in [3.63, 3.8) is 0 Å². The zero-order valence-corrected chi connectivity index (χ0v) is 5.25. The second-order valence-electron chi connectivity index (χ2n) is 0.531. The van der Waals surface area contributed by atoms with Crippen LogP contribution in [0.4, 0.5) is 0 Å². The van der Waals surface area contributed by atoms with E-state index in [-0.39, 0.29) is 0 Å².